The van der Waals surface area contributed by atoms with Gasteiger partial charge in [-0.1, -0.05) is 11.6 Å². The standard InChI is InChI=1S/C9H12ClNOS2/c1-13-5-4-9(12)11-6-7-2-3-8(10)14-7/h2-3H,4-6H2,1H3,(H,11,12). The minimum atomic E-state index is 0.101. The molecule has 0 radical (unpaired) electrons. The number of thioether (sulfide) groups is 1. The lowest BCUT2D eigenvalue weighted by molar-refractivity contribution is -0.120. The van der Waals surface area contributed by atoms with Crippen LogP contribution in [0.5, 0.6) is 0 Å². The molecule has 0 saturated carbocycles. The summed E-state index contributed by atoms with van der Waals surface area (Å²) >= 11 is 8.94. The van der Waals surface area contributed by atoms with E-state index in [0.29, 0.717) is 13.0 Å². The molecule has 14 heavy (non-hydrogen) atoms. The SMILES string of the molecule is CSCCC(=O)NCc1ccc(Cl)s1. The van der Waals surface area contributed by atoms with Crippen LogP contribution in [-0.4, -0.2) is 17.9 Å². The molecule has 0 bridgehead atoms. The van der Waals surface area contributed by atoms with Gasteiger partial charge in [-0.2, -0.15) is 11.8 Å². The number of halogens is 1. The molecule has 0 aliphatic rings. The molecular formula is C9H12ClNOS2. The van der Waals surface area contributed by atoms with E-state index in [2.05, 4.69) is 5.32 Å². The summed E-state index contributed by atoms with van der Waals surface area (Å²) in [6.07, 6.45) is 2.58. The topological polar surface area (TPSA) is 29.1 Å². The number of thiophene rings is 1. The zero-order valence-electron chi connectivity index (χ0n) is 7.88. The summed E-state index contributed by atoms with van der Waals surface area (Å²) in [5.74, 6) is 0.973. The molecule has 1 heterocycles. The van der Waals surface area contributed by atoms with E-state index in [0.717, 1.165) is 15.0 Å². The van der Waals surface area contributed by atoms with Gasteiger partial charge in [0.25, 0.3) is 0 Å². The van der Waals surface area contributed by atoms with Gasteiger partial charge < -0.3 is 5.32 Å². The minimum Gasteiger partial charge on any atom is -0.351 e. The van der Waals surface area contributed by atoms with Crippen molar-refractivity contribution in [1.82, 2.24) is 5.32 Å². The number of hydrogen-bond acceptors (Lipinski definition) is 3. The van der Waals surface area contributed by atoms with E-state index in [-0.39, 0.29) is 5.91 Å². The van der Waals surface area contributed by atoms with Crippen LogP contribution < -0.4 is 5.32 Å². The van der Waals surface area contributed by atoms with E-state index in [1.54, 1.807) is 11.8 Å². The number of amides is 1. The van der Waals surface area contributed by atoms with E-state index in [9.17, 15) is 4.79 Å². The Labute approximate surface area is 97.0 Å². The zero-order chi connectivity index (χ0) is 10.4. The highest BCUT2D eigenvalue weighted by Gasteiger charge is 2.02. The Hall–Kier alpha value is -0.190. The van der Waals surface area contributed by atoms with Crippen molar-refractivity contribution >= 4 is 40.6 Å². The van der Waals surface area contributed by atoms with E-state index >= 15 is 0 Å². The van der Waals surface area contributed by atoms with Crippen molar-refractivity contribution in [1.29, 1.82) is 0 Å². The van der Waals surface area contributed by atoms with Gasteiger partial charge in [0.05, 0.1) is 10.9 Å². The normalized spacial score (nSPS) is 10.1. The van der Waals surface area contributed by atoms with Crippen LogP contribution in [0.3, 0.4) is 0 Å². The molecule has 0 aliphatic heterocycles. The van der Waals surface area contributed by atoms with Gasteiger partial charge in [-0.25, -0.2) is 0 Å². The molecule has 0 saturated heterocycles. The zero-order valence-corrected chi connectivity index (χ0v) is 10.3. The summed E-state index contributed by atoms with van der Waals surface area (Å²) in [4.78, 5) is 12.3. The van der Waals surface area contributed by atoms with Gasteiger partial charge in [0.2, 0.25) is 5.91 Å². The maximum atomic E-state index is 11.2. The third-order valence-corrected chi connectivity index (χ3v) is 3.47. The van der Waals surface area contributed by atoms with Crippen molar-refractivity contribution in [2.45, 2.75) is 13.0 Å². The first-order valence-electron chi connectivity index (χ1n) is 4.22. The summed E-state index contributed by atoms with van der Waals surface area (Å²) < 4.78 is 0.762. The van der Waals surface area contributed by atoms with E-state index < -0.39 is 0 Å². The predicted molar refractivity (Wildman–Crippen MR) is 64.2 cm³/mol. The Bertz CT molecular complexity index is 301. The average Bonchev–Trinajstić information content (AvgIpc) is 2.58. The summed E-state index contributed by atoms with van der Waals surface area (Å²) in [6, 6.07) is 3.78. The molecule has 1 aromatic rings. The maximum absolute atomic E-state index is 11.2. The lowest BCUT2D eigenvalue weighted by Crippen LogP contribution is -2.22. The smallest absolute Gasteiger partial charge is 0.221 e. The Morgan fingerprint density at radius 1 is 1.64 bits per heavy atom. The molecule has 1 aromatic heterocycles. The molecule has 0 atom stereocenters. The number of carbonyl (C=O) groups is 1. The quantitative estimate of drug-likeness (QED) is 0.870. The lowest BCUT2D eigenvalue weighted by Gasteiger charge is -2.01. The van der Waals surface area contributed by atoms with Crippen molar-refractivity contribution in [3.63, 3.8) is 0 Å². The summed E-state index contributed by atoms with van der Waals surface area (Å²) in [5.41, 5.74) is 0. The van der Waals surface area contributed by atoms with Crippen LogP contribution in [0.1, 0.15) is 11.3 Å². The molecule has 1 amide bonds. The van der Waals surface area contributed by atoms with Gasteiger partial charge in [-0.3, -0.25) is 4.79 Å². The van der Waals surface area contributed by atoms with E-state index in [4.69, 9.17) is 11.6 Å². The first-order chi connectivity index (χ1) is 6.72. The molecule has 0 aromatic carbocycles. The van der Waals surface area contributed by atoms with Crippen LogP contribution in [0.15, 0.2) is 12.1 Å². The third-order valence-electron chi connectivity index (χ3n) is 1.62. The van der Waals surface area contributed by atoms with Gasteiger partial charge >= 0.3 is 0 Å². The van der Waals surface area contributed by atoms with Gasteiger partial charge in [0, 0.05) is 17.1 Å². The van der Waals surface area contributed by atoms with Crippen LogP contribution in [0.4, 0.5) is 0 Å². The third kappa shape index (κ3) is 4.35. The van der Waals surface area contributed by atoms with E-state index in [1.165, 1.54) is 11.3 Å². The fourth-order valence-corrected chi connectivity index (χ4v) is 2.33. The second-order valence-electron chi connectivity index (χ2n) is 2.73. The highest BCUT2D eigenvalue weighted by Crippen LogP contribution is 2.20. The van der Waals surface area contributed by atoms with Gasteiger partial charge in [0.15, 0.2) is 0 Å². The monoisotopic (exact) mass is 249 g/mol. The number of rotatable bonds is 5. The molecule has 5 heteroatoms. The fourth-order valence-electron chi connectivity index (χ4n) is 0.916. The number of carbonyl (C=O) groups excluding carboxylic acids is 1. The largest absolute Gasteiger partial charge is 0.351 e. The average molecular weight is 250 g/mol. The van der Waals surface area contributed by atoms with Crippen molar-refractivity contribution in [3.8, 4) is 0 Å². The molecule has 0 spiro atoms. The molecule has 1 N–H and O–H groups in total. The van der Waals surface area contributed by atoms with Crippen LogP contribution >= 0.6 is 34.7 Å². The number of nitrogens with one attached hydrogen (secondary N) is 1. The molecular weight excluding hydrogens is 238 g/mol. The highest BCUT2D eigenvalue weighted by molar-refractivity contribution is 7.98. The van der Waals surface area contributed by atoms with Gasteiger partial charge in [-0.05, 0) is 18.4 Å². The summed E-state index contributed by atoms with van der Waals surface area (Å²) in [5, 5.41) is 2.85. The van der Waals surface area contributed by atoms with Gasteiger partial charge in [0.1, 0.15) is 0 Å². The van der Waals surface area contributed by atoms with Crippen molar-refractivity contribution in [2.75, 3.05) is 12.0 Å². The first-order valence-corrected chi connectivity index (χ1v) is 6.81. The molecule has 0 unspecified atom stereocenters. The Kier molecular flexibility index (Phi) is 5.37. The second kappa shape index (κ2) is 6.32. The number of hydrogen-bond donors (Lipinski definition) is 1. The van der Waals surface area contributed by atoms with Crippen molar-refractivity contribution in [3.05, 3.63) is 21.3 Å². The summed E-state index contributed by atoms with van der Waals surface area (Å²) in [6.45, 7) is 0.588. The Balaban J connectivity index is 2.23. The minimum absolute atomic E-state index is 0.101. The van der Waals surface area contributed by atoms with Crippen LogP contribution in [0, 0.1) is 0 Å². The first kappa shape index (κ1) is 11.9. The summed E-state index contributed by atoms with van der Waals surface area (Å²) in [7, 11) is 0. The van der Waals surface area contributed by atoms with Crippen molar-refractivity contribution in [2.24, 2.45) is 0 Å². The Morgan fingerprint density at radius 3 is 3.00 bits per heavy atom. The molecule has 0 aliphatic carbocycles. The van der Waals surface area contributed by atoms with Crippen LogP contribution in [0.25, 0.3) is 0 Å². The predicted octanol–water partition coefficient (Wildman–Crippen LogP) is 2.77. The van der Waals surface area contributed by atoms with Crippen LogP contribution in [-0.2, 0) is 11.3 Å². The second-order valence-corrected chi connectivity index (χ2v) is 5.51. The lowest BCUT2D eigenvalue weighted by atomic mass is 10.4. The molecule has 0 fully saturated rings. The fraction of sp³-hybridized carbons (Fsp3) is 0.444. The highest BCUT2D eigenvalue weighted by atomic mass is 35.5. The molecule has 78 valence electrons. The maximum Gasteiger partial charge on any atom is 0.221 e. The van der Waals surface area contributed by atoms with Crippen molar-refractivity contribution < 1.29 is 4.79 Å². The van der Waals surface area contributed by atoms with Crippen LogP contribution in [0.2, 0.25) is 4.34 Å². The van der Waals surface area contributed by atoms with Gasteiger partial charge in [-0.15, -0.1) is 11.3 Å². The van der Waals surface area contributed by atoms with E-state index in [1.807, 2.05) is 18.4 Å². The molecule has 1 rings (SSSR count). The molecule has 2 nitrogen and oxygen atoms in total. The Morgan fingerprint density at radius 2 is 2.43 bits per heavy atom.